The van der Waals surface area contributed by atoms with Crippen LogP contribution in [0.4, 0.5) is 4.79 Å². The van der Waals surface area contributed by atoms with E-state index in [0.29, 0.717) is 11.1 Å². The first kappa shape index (κ1) is 20.9. The summed E-state index contributed by atoms with van der Waals surface area (Å²) in [5, 5.41) is 5.76. The van der Waals surface area contributed by atoms with Gasteiger partial charge in [-0.05, 0) is 25.8 Å². The highest BCUT2D eigenvalue weighted by atomic mass is 16.6. The Morgan fingerprint density at radius 2 is 1.90 bits per heavy atom. The van der Waals surface area contributed by atoms with Crippen LogP contribution in [0.5, 0.6) is 0 Å². The second-order valence-corrected chi connectivity index (χ2v) is 7.18. The number of ether oxygens (including phenoxy) is 2. The van der Waals surface area contributed by atoms with Crippen LogP contribution in [-0.4, -0.2) is 37.2 Å². The fourth-order valence-electron chi connectivity index (χ4n) is 3.50. The molecule has 0 radical (unpaired) electrons. The number of furan rings is 1. The predicted molar refractivity (Wildman–Crippen MR) is 105 cm³/mol. The van der Waals surface area contributed by atoms with E-state index in [9.17, 15) is 14.4 Å². The fourth-order valence-corrected chi connectivity index (χ4v) is 3.50. The molecule has 8 nitrogen and oxygen atoms in total. The third-order valence-corrected chi connectivity index (χ3v) is 5.00. The number of amides is 3. The highest BCUT2D eigenvalue weighted by Gasteiger charge is 2.27. The van der Waals surface area contributed by atoms with Crippen LogP contribution in [0.25, 0.3) is 11.0 Å². The highest BCUT2D eigenvalue weighted by molar-refractivity contribution is 6.00. The normalized spacial score (nSPS) is 15.7. The van der Waals surface area contributed by atoms with E-state index in [1.54, 1.807) is 12.1 Å². The number of carbonyl (C=O) groups is 3. The monoisotopic (exact) mass is 402 g/mol. The molecule has 0 unspecified atom stereocenters. The molecule has 1 aliphatic rings. The van der Waals surface area contributed by atoms with E-state index in [-0.39, 0.29) is 18.4 Å². The molecular formula is C21H26N2O6. The van der Waals surface area contributed by atoms with Gasteiger partial charge in [0.2, 0.25) is 5.76 Å². The standard InChI is InChI=1S/C21H26N2O6/c1-13(19(24)23-21(26)22-14-8-4-3-5-9-14)28-20(25)18-16(12-27-2)15-10-6-7-11-17(15)29-18/h6-7,10-11,13-14H,3-5,8-9,12H2,1-2H3,(H2,22,23,24,26)/t13-/m0/s1. The minimum atomic E-state index is -1.16. The molecular weight excluding hydrogens is 376 g/mol. The number of methoxy groups -OCH3 is 1. The topological polar surface area (TPSA) is 107 Å². The summed E-state index contributed by atoms with van der Waals surface area (Å²) in [6.07, 6.45) is 3.94. The summed E-state index contributed by atoms with van der Waals surface area (Å²) >= 11 is 0. The lowest BCUT2D eigenvalue weighted by atomic mass is 9.96. The lowest BCUT2D eigenvalue weighted by Crippen LogP contribution is -2.48. The molecule has 29 heavy (non-hydrogen) atoms. The molecule has 3 amide bonds. The van der Waals surface area contributed by atoms with Crippen molar-refractivity contribution in [1.82, 2.24) is 10.6 Å². The molecule has 2 N–H and O–H groups in total. The summed E-state index contributed by atoms with van der Waals surface area (Å²) in [4.78, 5) is 36.8. The van der Waals surface area contributed by atoms with E-state index in [4.69, 9.17) is 13.9 Å². The quantitative estimate of drug-likeness (QED) is 0.718. The zero-order valence-corrected chi connectivity index (χ0v) is 16.7. The van der Waals surface area contributed by atoms with Crippen molar-refractivity contribution in [2.75, 3.05) is 7.11 Å². The lowest BCUT2D eigenvalue weighted by molar-refractivity contribution is -0.128. The molecule has 1 aromatic carbocycles. The van der Waals surface area contributed by atoms with Crippen LogP contribution in [0.2, 0.25) is 0 Å². The zero-order chi connectivity index (χ0) is 20.8. The van der Waals surface area contributed by atoms with Gasteiger partial charge in [0, 0.05) is 24.1 Å². The van der Waals surface area contributed by atoms with Crippen molar-refractivity contribution in [3.63, 3.8) is 0 Å². The average molecular weight is 402 g/mol. The number of rotatable bonds is 6. The largest absolute Gasteiger partial charge is 0.449 e. The fraction of sp³-hybridized carbons (Fsp3) is 0.476. The Morgan fingerprint density at radius 3 is 2.62 bits per heavy atom. The van der Waals surface area contributed by atoms with Gasteiger partial charge in [-0.1, -0.05) is 37.5 Å². The number of imide groups is 1. The summed E-state index contributed by atoms with van der Waals surface area (Å²) < 4.78 is 16.0. The summed E-state index contributed by atoms with van der Waals surface area (Å²) in [7, 11) is 1.51. The average Bonchev–Trinajstić information content (AvgIpc) is 3.07. The molecule has 1 atom stereocenters. The van der Waals surface area contributed by atoms with Crippen molar-refractivity contribution in [1.29, 1.82) is 0 Å². The Kier molecular flexibility index (Phi) is 6.87. The Morgan fingerprint density at radius 1 is 1.17 bits per heavy atom. The summed E-state index contributed by atoms with van der Waals surface area (Å²) in [5.41, 5.74) is 1.08. The molecule has 1 fully saturated rings. The number of hydrogen-bond donors (Lipinski definition) is 2. The molecule has 3 rings (SSSR count). The molecule has 1 aliphatic carbocycles. The van der Waals surface area contributed by atoms with Gasteiger partial charge in [0.05, 0.1) is 6.61 Å². The van der Waals surface area contributed by atoms with Crippen LogP contribution in [-0.2, 0) is 20.9 Å². The van der Waals surface area contributed by atoms with E-state index in [1.165, 1.54) is 20.5 Å². The van der Waals surface area contributed by atoms with E-state index < -0.39 is 24.0 Å². The van der Waals surface area contributed by atoms with Gasteiger partial charge in [0.1, 0.15) is 5.58 Å². The Bertz CT molecular complexity index is 884. The number of urea groups is 1. The second-order valence-electron chi connectivity index (χ2n) is 7.18. The van der Waals surface area contributed by atoms with Gasteiger partial charge in [-0.2, -0.15) is 0 Å². The summed E-state index contributed by atoms with van der Waals surface area (Å²) in [6, 6.07) is 6.66. The lowest BCUT2D eigenvalue weighted by Gasteiger charge is -2.23. The van der Waals surface area contributed by atoms with Gasteiger partial charge in [-0.25, -0.2) is 9.59 Å². The summed E-state index contributed by atoms with van der Waals surface area (Å²) in [6.45, 7) is 1.56. The first-order valence-electron chi connectivity index (χ1n) is 9.81. The van der Waals surface area contributed by atoms with Gasteiger partial charge in [0.25, 0.3) is 5.91 Å². The van der Waals surface area contributed by atoms with E-state index in [0.717, 1.165) is 31.1 Å². The van der Waals surface area contributed by atoms with Crippen LogP contribution in [0.3, 0.4) is 0 Å². The first-order chi connectivity index (χ1) is 14.0. The van der Waals surface area contributed by atoms with Crippen LogP contribution in [0.1, 0.15) is 55.1 Å². The number of para-hydroxylation sites is 1. The van der Waals surface area contributed by atoms with Gasteiger partial charge >= 0.3 is 12.0 Å². The van der Waals surface area contributed by atoms with Gasteiger partial charge < -0.3 is 19.2 Å². The van der Waals surface area contributed by atoms with Gasteiger partial charge in [0.15, 0.2) is 6.10 Å². The van der Waals surface area contributed by atoms with Crippen LogP contribution >= 0.6 is 0 Å². The zero-order valence-electron chi connectivity index (χ0n) is 16.7. The van der Waals surface area contributed by atoms with Crippen molar-refractivity contribution in [2.45, 2.75) is 57.8 Å². The molecule has 156 valence electrons. The number of benzene rings is 1. The van der Waals surface area contributed by atoms with E-state index in [1.807, 2.05) is 12.1 Å². The van der Waals surface area contributed by atoms with Crippen molar-refractivity contribution in [3.05, 3.63) is 35.6 Å². The van der Waals surface area contributed by atoms with E-state index in [2.05, 4.69) is 10.6 Å². The molecule has 0 bridgehead atoms. The molecule has 0 saturated heterocycles. The van der Waals surface area contributed by atoms with Crippen LogP contribution in [0.15, 0.2) is 28.7 Å². The van der Waals surface area contributed by atoms with Gasteiger partial charge in [-0.15, -0.1) is 0 Å². The smallest absolute Gasteiger partial charge is 0.375 e. The number of hydrogen-bond acceptors (Lipinski definition) is 6. The molecule has 0 aliphatic heterocycles. The minimum absolute atomic E-state index is 0.0145. The molecule has 2 aromatic rings. The maximum absolute atomic E-state index is 12.6. The second kappa shape index (κ2) is 9.56. The van der Waals surface area contributed by atoms with Crippen molar-refractivity contribution in [2.24, 2.45) is 0 Å². The number of esters is 1. The third-order valence-electron chi connectivity index (χ3n) is 5.00. The Hall–Kier alpha value is -2.87. The number of carbonyl (C=O) groups excluding carboxylic acids is 3. The predicted octanol–water partition coefficient (Wildman–Crippen LogP) is 3.28. The van der Waals surface area contributed by atoms with Crippen molar-refractivity contribution >= 4 is 28.9 Å². The van der Waals surface area contributed by atoms with Crippen LogP contribution < -0.4 is 10.6 Å². The van der Waals surface area contributed by atoms with Crippen molar-refractivity contribution < 1.29 is 28.3 Å². The first-order valence-corrected chi connectivity index (χ1v) is 9.81. The molecule has 1 aromatic heterocycles. The van der Waals surface area contributed by atoms with Crippen LogP contribution in [0, 0.1) is 0 Å². The molecule has 1 saturated carbocycles. The molecule has 0 spiro atoms. The molecule has 1 heterocycles. The number of fused-ring (bicyclic) bond motifs is 1. The van der Waals surface area contributed by atoms with Gasteiger partial charge in [-0.3, -0.25) is 10.1 Å². The molecule has 8 heteroatoms. The highest BCUT2D eigenvalue weighted by Crippen LogP contribution is 2.27. The van der Waals surface area contributed by atoms with Crippen molar-refractivity contribution in [3.8, 4) is 0 Å². The van der Waals surface area contributed by atoms with E-state index >= 15 is 0 Å². The minimum Gasteiger partial charge on any atom is -0.449 e. The Labute approximate surface area is 168 Å². The third kappa shape index (κ3) is 5.14. The number of nitrogens with one attached hydrogen (secondary N) is 2. The summed E-state index contributed by atoms with van der Waals surface area (Å²) in [5.74, 6) is -1.50. The Balaban J connectivity index is 1.61. The maximum atomic E-state index is 12.6. The SMILES string of the molecule is COCc1c(C(=O)O[C@@H](C)C(=O)NC(=O)NC2CCCCC2)oc2ccccc12. The maximum Gasteiger partial charge on any atom is 0.375 e.